The number of anilines is 1. The van der Waals surface area contributed by atoms with Crippen molar-refractivity contribution in [2.24, 2.45) is 16.6 Å². The number of nitriles is 1. The normalized spacial score (nSPS) is 21.3. The molecular weight excluding hydrogens is 409 g/mol. The lowest BCUT2D eigenvalue weighted by atomic mass is 9.76. The second-order valence-corrected chi connectivity index (χ2v) is 9.63. The van der Waals surface area contributed by atoms with Crippen molar-refractivity contribution in [2.45, 2.75) is 52.3 Å². The Kier molecular flexibility index (Phi) is 5.72. The van der Waals surface area contributed by atoms with Crippen molar-refractivity contribution >= 4 is 17.5 Å². The van der Waals surface area contributed by atoms with E-state index in [-0.39, 0.29) is 11.3 Å². The number of nitrogens with zero attached hydrogens (tertiary/aromatic N) is 3. The number of primary amides is 1. The molecule has 2 saturated heterocycles. The molecule has 2 N–H and O–H groups in total. The highest BCUT2D eigenvalue weighted by molar-refractivity contribution is 5.89. The van der Waals surface area contributed by atoms with E-state index in [2.05, 4.69) is 0 Å². The highest BCUT2D eigenvalue weighted by Gasteiger charge is 2.50. The monoisotopic (exact) mass is 436 g/mol. The van der Waals surface area contributed by atoms with Crippen molar-refractivity contribution in [3.63, 3.8) is 0 Å². The SMILES string of the molecule is CC(C)(C)C(=O)N1CC2(CCN(c3ccc(C#N)c(C(F)(F)F)c3)CC2)CC1C(N)=O. The molecule has 1 aromatic carbocycles. The van der Waals surface area contributed by atoms with Gasteiger partial charge in [-0.25, -0.2) is 0 Å². The highest BCUT2D eigenvalue weighted by Crippen LogP contribution is 2.45. The fraction of sp³-hybridized carbons (Fsp3) is 0.591. The van der Waals surface area contributed by atoms with E-state index >= 15 is 0 Å². The summed E-state index contributed by atoms with van der Waals surface area (Å²) in [4.78, 5) is 28.3. The number of amides is 2. The number of carbonyl (C=O) groups is 2. The van der Waals surface area contributed by atoms with Crippen LogP contribution in [0.3, 0.4) is 0 Å². The first kappa shape index (κ1) is 22.9. The minimum Gasteiger partial charge on any atom is -0.371 e. The summed E-state index contributed by atoms with van der Waals surface area (Å²) in [5, 5.41) is 8.99. The van der Waals surface area contributed by atoms with Gasteiger partial charge in [-0.1, -0.05) is 20.8 Å². The number of benzene rings is 1. The average Bonchev–Trinajstić information content (AvgIpc) is 3.05. The number of rotatable bonds is 2. The summed E-state index contributed by atoms with van der Waals surface area (Å²) in [6, 6.07) is 4.68. The molecule has 0 radical (unpaired) electrons. The van der Waals surface area contributed by atoms with Gasteiger partial charge in [0, 0.05) is 30.7 Å². The van der Waals surface area contributed by atoms with Gasteiger partial charge in [0.25, 0.3) is 0 Å². The van der Waals surface area contributed by atoms with Crippen molar-refractivity contribution in [3.8, 4) is 6.07 Å². The third kappa shape index (κ3) is 4.48. The highest BCUT2D eigenvalue weighted by atomic mass is 19.4. The van der Waals surface area contributed by atoms with Crippen LogP contribution in [-0.2, 0) is 15.8 Å². The van der Waals surface area contributed by atoms with Crippen LogP contribution >= 0.6 is 0 Å². The van der Waals surface area contributed by atoms with Crippen LogP contribution in [0.4, 0.5) is 18.9 Å². The third-order valence-corrected chi connectivity index (χ3v) is 6.36. The van der Waals surface area contributed by atoms with Crippen LogP contribution in [0, 0.1) is 22.2 Å². The molecule has 2 amide bonds. The largest absolute Gasteiger partial charge is 0.417 e. The topological polar surface area (TPSA) is 90.4 Å². The van der Waals surface area contributed by atoms with Crippen LogP contribution in [0.2, 0.25) is 0 Å². The van der Waals surface area contributed by atoms with E-state index in [1.807, 2.05) is 4.90 Å². The number of piperidine rings is 1. The zero-order chi connectivity index (χ0) is 23.2. The number of nitrogens with two attached hydrogens (primary N) is 1. The molecule has 0 saturated carbocycles. The second-order valence-electron chi connectivity index (χ2n) is 9.63. The first-order chi connectivity index (χ1) is 14.3. The Bertz CT molecular complexity index is 922. The second kappa shape index (κ2) is 7.74. The van der Waals surface area contributed by atoms with Gasteiger partial charge in [0.2, 0.25) is 11.8 Å². The summed E-state index contributed by atoms with van der Waals surface area (Å²) in [6.07, 6.45) is -2.87. The standard InChI is InChI=1S/C22H27F3N4O2/c1-20(2,3)19(31)29-13-21(11-17(29)18(27)30)6-8-28(9-7-21)15-5-4-14(12-26)16(10-15)22(23,24)25/h4-5,10,17H,6-9,11,13H2,1-3H3,(H2,27,30). The van der Waals surface area contributed by atoms with Crippen molar-refractivity contribution in [1.82, 2.24) is 4.90 Å². The molecule has 0 bridgehead atoms. The van der Waals surface area contributed by atoms with Gasteiger partial charge in [-0.2, -0.15) is 18.4 Å². The van der Waals surface area contributed by atoms with E-state index in [1.165, 1.54) is 12.1 Å². The summed E-state index contributed by atoms with van der Waals surface area (Å²) >= 11 is 0. The molecule has 3 rings (SSSR count). The minimum atomic E-state index is -4.61. The van der Waals surface area contributed by atoms with E-state index in [4.69, 9.17) is 11.0 Å². The lowest BCUT2D eigenvalue weighted by Crippen LogP contribution is -2.48. The van der Waals surface area contributed by atoms with Gasteiger partial charge >= 0.3 is 6.18 Å². The number of alkyl halides is 3. The zero-order valence-electron chi connectivity index (χ0n) is 17.9. The van der Waals surface area contributed by atoms with Crippen LogP contribution in [0.1, 0.15) is 51.2 Å². The molecule has 2 fully saturated rings. The molecule has 1 spiro atoms. The van der Waals surface area contributed by atoms with Crippen molar-refractivity contribution in [2.75, 3.05) is 24.5 Å². The molecular formula is C22H27F3N4O2. The van der Waals surface area contributed by atoms with E-state index in [0.29, 0.717) is 44.6 Å². The third-order valence-electron chi connectivity index (χ3n) is 6.36. The number of carbonyl (C=O) groups excluding carboxylic acids is 2. The molecule has 2 heterocycles. The van der Waals surface area contributed by atoms with Crippen LogP contribution in [0.5, 0.6) is 0 Å². The number of hydrogen-bond acceptors (Lipinski definition) is 4. The Morgan fingerprint density at radius 3 is 2.29 bits per heavy atom. The lowest BCUT2D eigenvalue weighted by molar-refractivity contribution is -0.144. The Labute approximate surface area is 179 Å². The Morgan fingerprint density at radius 1 is 1.19 bits per heavy atom. The maximum Gasteiger partial charge on any atom is 0.417 e. The summed E-state index contributed by atoms with van der Waals surface area (Å²) in [6.45, 7) is 6.79. The predicted octanol–water partition coefficient (Wildman–Crippen LogP) is 3.30. The lowest BCUT2D eigenvalue weighted by Gasteiger charge is -2.40. The summed E-state index contributed by atoms with van der Waals surface area (Å²) in [5.74, 6) is -0.656. The van der Waals surface area contributed by atoms with Crippen molar-refractivity contribution < 1.29 is 22.8 Å². The fourth-order valence-corrected chi connectivity index (χ4v) is 4.62. The Hall–Kier alpha value is -2.76. The van der Waals surface area contributed by atoms with Crippen LogP contribution in [-0.4, -0.2) is 42.4 Å². The van der Waals surface area contributed by atoms with Crippen molar-refractivity contribution in [3.05, 3.63) is 29.3 Å². The average molecular weight is 436 g/mol. The zero-order valence-corrected chi connectivity index (χ0v) is 17.9. The number of hydrogen-bond donors (Lipinski definition) is 1. The Morgan fingerprint density at radius 2 is 1.81 bits per heavy atom. The van der Waals surface area contributed by atoms with Gasteiger partial charge in [0.1, 0.15) is 6.04 Å². The van der Waals surface area contributed by atoms with Gasteiger partial charge in [0.15, 0.2) is 0 Å². The van der Waals surface area contributed by atoms with E-state index in [9.17, 15) is 22.8 Å². The maximum atomic E-state index is 13.3. The summed E-state index contributed by atoms with van der Waals surface area (Å²) < 4.78 is 39.9. The van der Waals surface area contributed by atoms with Crippen LogP contribution in [0.15, 0.2) is 18.2 Å². The van der Waals surface area contributed by atoms with E-state index in [0.717, 1.165) is 6.07 Å². The molecule has 9 heteroatoms. The Balaban J connectivity index is 1.78. The molecule has 0 aromatic heterocycles. The van der Waals surface area contributed by atoms with Gasteiger partial charge in [-0.3, -0.25) is 9.59 Å². The number of halogens is 3. The van der Waals surface area contributed by atoms with Gasteiger partial charge in [0.05, 0.1) is 17.2 Å². The summed E-state index contributed by atoms with van der Waals surface area (Å²) in [7, 11) is 0. The van der Waals surface area contributed by atoms with E-state index in [1.54, 1.807) is 31.7 Å². The van der Waals surface area contributed by atoms with Crippen molar-refractivity contribution in [1.29, 1.82) is 5.26 Å². The van der Waals surface area contributed by atoms with Crippen LogP contribution < -0.4 is 10.6 Å². The smallest absolute Gasteiger partial charge is 0.371 e. The van der Waals surface area contributed by atoms with Gasteiger partial charge in [-0.15, -0.1) is 0 Å². The molecule has 2 aliphatic rings. The molecule has 6 nitrogen and oxygen atoms in total. The first-order valence-corrected chi connectivity index (χ1v) is 10.2. The molecule has 1 atom stereocenters. The minimum absolute atomic E-state index is 0.127. The fourth-order valence-electron chi connectivity index (χ4n) is 4.62. The molecule has 168 valence electrons. The molecule has 1 unspecified atom stereocenters. The molecule has 2 aliphatic heterocycles. The molecule has 0 aliphatic carbocycles. The van der Waals surface area contributed by atoms with Gasteiger partial charge < -0.3 is 15.5 Å². The predicted molar refractivity (Wildman–Crippen MR) is 109 cm³/mol. The summed E-state index contributed by atoms with van der Waals surface area (Å²) in [5.41, 5.74) is 3.73. The van der Waals surface area contributed by atoms with Gasteiger partial charge in [-0.05, 0) is 42.9 Å². The molecule has 1 aromatic rings. The quantitative estimate of drug-likeness (QED) is 0.770. The van der Waals surface area contributed by atoms with E-state index < -0.39 is 34.7 Å². The maximum absolute atomic E-state index is 13.3. The van der Waals surface area contributed by atoms with Crippen LogP contribution in [0.25, 0.3) is 0 Å². The number of likely N-dealkylation sites (tertiary alicyclic amines) is 1. The first-order valence-electron chi connectivity index (χ1n) is 10.2. The molecule has 31 heavy (non-hydrogen) atoms.